The van der Waals surface area contributed by atoms with Crippen molar-refractivity contribution < 1.29 is 49.7 Å². The first-order valence-electron chi connectivity index (χ1n) is 10.5. The minimum absolute atomic E-state index is 0.0587. The Balaban J connectivity index is 2.15. The van der Waals surface area contributed by atoms with Crippen molar-refractivity contribution in [3.8, 4) is 0 Å². The zero-order valence-corrected chi connectivity index (χ0v) is 18.5. The van der Waals surface area contributed by atoms with E-state index < -0.39 is 58.4 Å². The van der Waals surface area contributed by atoms with E-state index in [9.17, 15) is 40.2 Å². The van der Waals surface area contributed by atoms with Gasteiger partial charge in [-0.25, -0.2) is 0 Å². The van der Waals surface area contributed by atoms with Gasteiger partial charge >= 0.3 is 11.9 Å². The lowest BCUT2D eigenvalue weighted by atomic mass is 9.20. The van der Waals surface area contributed by atoms with Crippen molar-refractivity contribution in [1.82, 2.24) is 0 Å². The monoisotopic (exact) mass is 474 g/mol. The lowest BCUT2D eigenvalue weighted by molar-refractivity contribution is -0.497. The van der Waals surface area contributed by atoms with Gasteiger partial charge in [-0.2, -0.15) is 0 Å². The highest BCUT2D eigenvalue weighted by atomic mass is 16.5. The number of fused-ring (bicyclic) bond motifs is 1. The molecule has 0 aromatic heterocycles. The second-order valence-electron chi connectivity index (χ2n) is 8.62. The van der Waals surface area contributed by atoms with Crippen LogP contribution in [0.5, 0.6) is 0 Å². The highest BCUT2D eigenvalue weighted by Gasteiger charge is 3.08. The van der Waals surface area contributed by atoms with Crippen LogP contribution in [0.4, 0.5) is 0 Å². The van der Waals surface area contributed by atoms with E-state index in [1.54, 1.807) is 12.1 Å². The Morgan fingerprint density at radius 1 is 0.882 bits per heavy atom. The molecule has 7 atom stereocenters. The van der Waals surface area contributed by atoms with Gasteiger partial charge in [0.15, 0.2) is 16.4 Å². The molecule has 0 heterocycles. The number of ether oxygens (including phenoxy) is 2. The molecule has 10 nitrogen and oxygen atoms in total. The molecule has 6 N–H and O–H groups in total. The molecule has 0 bridgehead atoms. The Kier molecular flexibility index (Phi) is 5.40. The summed E-state index contributed by atoms with van der Waals surface area (Å²) in [4.78, 5) is 26.6. The van der Waals surface area contributed by atoms with E-state index >= 15 is 0 Å². The first kappa shape index (κ1) is 24.3. The van der Waals surface area contributed by atoms with Gasteiger partial charge in [0.1, 0.15) is 23.4 Å². The average Bonchev–Trinajstić information content (AvgIpc) is 2.88. The van der Waals surface area contributed by atoms with Crippen molar-refractivity contribution in [3.05, 3.63) is 71.8 Å². The van der Waals surface area contributed by atoms with E-state index in [-0.39, 0.29) is 11.1 Å². The second-order valence-corrected chi connectivity index (χ2v) is 8.62. The summed E-state index contributed by atoms with van der Waals surface area (Å²) >= 11 is 0. The van der Waals surface area contributed by atoms with Crippen LogP contribution < -0.4 is 0 Å². The second kappa shape index (κ2) is 7.57. The van der Waals surface area contributed by atoms with Crippen LogP contribution in [0.25, 0.3) is 0 Å². The zero-order valence-electron chi connectivity index (χ0n) is 18.5. The fourth-order valence-corrected chi connectivity index (χ4v) is 6.44. The molecule has 4 rings (SSSR count). The summed E-state index contributed by atoms with van der Waals surface area (Å²) in [5.74, 6) is -2.56. The highest BCUT2D eigenvalue weighted by Crippen LogP contribution is 2.80. The van der Waals surface area contributed by atoms with E-state index in [1.165, 1.54) is 48.5 Å². The number of carbonyl (C=O) groups excluding carboxylic acids is 2. The number of esters is 2. The molecule has 0 saturated heterocycles. The van der Waals surface area contributed by atoms with E-state index in [4.69, 9.17) is 9.47 Å². The minimum Gasteiger partial charge on any atom is -0.468 e. The number of rotatable bonds is 6. The Morgan fingerprint density at radius 3 is 1.79 bits per heavy atom. The number of aliphatic hydroxyl groups is 6. The van der Waals surface area contributed by atoms with Crippen molar-refractivity contribution >= 4 is 11.9 Å². The average molecular weight is 474 g/mol. The van der Waals surface area contributed by atoms with Gasteiger partial charge in [0.05, 0.1) is 20.8 Å². The number of benzene rings is 2. The molecule has 34 heavy (non-hydrogen) atoms. The van der Waals surface area contributed by atoms with Crippen molar-refractivity contribution in [2.75, 3.05) is 20.8 Å². The van der Waals surface area contributed by atoms with Crippen LogP contribution in [0.2, 0.25) is 0 Å². The molecule has 10 heteroatoms. The number of hydrogen-bond donors (Lipinski definition) is 6. The Morgan fingerprint density at radius 2 is 1.35 bits per heavy atom. The van der Waals surface area contributed by atoms with Crippen molar-refractivity contribution in [1.29, 1.82) is 0 Å². The van der Waals surface area contributed by atoms with Gasteiger partial charge in [-0.15, -0.1) is 0 Å². The van der Waals surface area contributed by atoms with Gasteiger partial charge in [-0.05, 0) is 11.1 Å². The Labute approximate surface area is 194 Å². The SMILES string of the molecule is COC(=O)C1(c2ccccc2)C(O)[C@@]2(O)C(C(=O)OC)(c3ccccc3)[C@@](O)([C@H](O)CO)[C@@]12O. The maximum absolute atomic E-state index is 13.3. The maximum atomic E-state index is 13.3. The highest BCUT2D eigenvalue weighted by molar-refractivity contribution is 6.00. The van der Waals surface area contributed by atoms with Crippen LogP contribution in [0.3, 0.4) is 0 Å². The predicted molar refractivity (Wildman–Crippen MR) is 114 cm³/mol. The van der Waals surface area contributed by atoms with Gasteiger partial charge in [-0.3, -0.25) is 9.59 Å². The van der Waals surface area contributed by atoms with Crippen LogP contribution in [-0.2, 0) is 29.9 Å². The summed E-state index contributed by atoms with van der Waals surface area (Å²) < 4.78 is 9.75. The molecular weight excluding hydrogens is 448 g/mol. The lowest BCUT2D eigenvalue weighted by Crippen LogP contribution is -3.12. The van der Waals surface area contributed by atoms with E-state index in [2.05, 4.69) is 0 Å². The Bertz CT molecular complexity index is 1110. The summed E-state index contributed by atoms with van der Waals surface area (Å²) in [6.45, 7) is -1.18. The van der Waals surface area contributed by atoms with Crippen molar-refractivity contribution in [3.63, 3.8) is 0 Å². The van der Waals surface area contributed by atoms with E-state index in [0.29, 0.717) is 0 Å². The molecule has 2 saturated carbocycles. The maximum Gasteiger partial charge on any atom is 0.322 e. The first-order valence-corrected chi connectivity index (χ1v) is 10.5. The van der Waals surface area contributed by atoms with E-state index in [0.717, 1.165) is 14.2 Å². The zero-order chi connectivity index (χ0) is 25.2. The molecule has 0 radical (unpaired) electrons. The molecule has 2 fully saturated rings. The molecule has 2 aliphatic rings. The van der Waals surface area contributed by atoms with Gasteiger partial charge < -0.3 is 40.1 Å². The standard InChI is InChI=1S/C24H26O10/c1-33-18(28)20(14-9-5-3-6-10-14)17(27)23(31)21(19(29)34-2,15-11-7-4-8-12-15)22(30,16(26)13-25)24(20,23)32/h3-12,16-17,25-27,30-32H,13H2,1-2H3/t16-,17?,20?,21?,22+,23-,24+/m1/s1. The molecule has 3 unspecified atom stereocenters. The molecular formula is C24H26O10. The minimum atomic E-state index is -3.14. The third kappa shape index (κ3) is 2.05. The number of carbonyl (C=O) groups is 2. The molecule has 0 spiro atoms. The van der Waals surface area contributed by atoms with Crippen LogP contribution >= 0.6 is 0 Å². The van der Waals surface area contributed by atoms with Crippen LogP contribution in [0, 0.1) is 0 Å². The largest absolute Gasteiger partial charge is 0.468 e. The predicted octanol–water partition coefficient (Wildman–Crippen LogP) is -1.86. The quantitative estimate of drug-likeness (QED) is 0.261. The molecule has 0 amide bonds. The summed E-state index contributed by atoms with van der Waals surface area (Å²) in [6.07, 6.45) is -4.50. The fourth-order valence-electron chi connectivity index (χ4n) is 6.44. The van der Waals surface area contributed by atoms with Gasteiger partial charge in [0.2, 0.25) is 0 Å². The van der Waals surface area contributed by atoms with Crippen LogP contribution in [-0.4, -0.2) is 92.4 Å². The molecule has 182 valence electrons. The van der Waals surface area contributed by atoms with Crippen molar-refractivity contribution in [2.45, 2.75) is 39.8 Å². The molecule has 0 aliphatic heterocycles. The summed E-state index contributed by atoms with van der Waals surface area (Å²) in [5, 5.41) is 68.3. The van der Waals surface area contributed by atoms with Gasteiger partial charge in [-0.1, -0.05) is 60.7 Å². The smallest absolute Gasteiger partial charge is 0.322 e. The van der Waals surface area contributed by atoms with E-state index in [1.807, 2.05) is 0 Å². The van der Waals surface area contributed by atoms with Crippen LogP contribution in [0.1, 0.15) is 11.1 Å². The number of aliphatic hydroxyl groups excluding tert-OH is 3. The summed E-state index contributed by atoms with van der Waals surface area (Å²) in [7, 11) is 1.93. The molecule has 2 aromatic rings. The lowest BCUT2D eigenvalue weighted by Gasteiger charge is -2.85. The normalized spacial score (nSPS) is 39.1. The summed E-state index contributed by atoms with van der Waals surface area (Å²) in [6, 6.07) is 14.4. The topological polar surface area (TPSA) is 174 Å². The third-order valence-corrected chi connectivity index (χ3v) is 7.71. The summed E-state index contributed by atoms with van der Waals surface area (Å²) in [5.41, 5.74) is -14.7. The van der Waals surface area contributed by atoms with Crippen molar-refractivity contribution in [2.24, 2.45) is 0 Å². The van der Waals surface area contributed by atoms with Crippen LogP contribution in [0.15, 0.2) is 60.7 Å². The van der Waals surface area contributed by atoms with Gasteiger partial charge in [0.25, 0.3) is 0 Å². The fraction of sp³-hybridized carbons (Fsp3) is 0.417. The number of hydrogen-bond acceptors (Lipinski definition) is 10. The van der Waals surface area contributed by atoms with Gasteiger partial charge in [0, 0.05) is 0 Å². The number of methoxy groups -OCH3 is 2. The Hall–Kier alpha value is -2.86. The first-order chi connectivity index (χ1) is 16.1. The third-order valence-electron chi connectivity index (χ3n) is 7.71. The molecule has 2 aliphatic carbocycles. The molecule has 2 aromatic carbocycles.